The van der Waals surface area contributed by atoms with Gasteiger partial charge in [0.1, 0.15) is 11.1 Å². The molecular formula is C37H41N9O5S. The normalized spacial score (nSPS) is 18.2. The Bertz CT molecular complexity index is 2150. The zero-order valence-electron chi connectivity index (χ0n) is 29.4. The van der Waals surface area contributed by atoms with Crippen LogP contribution in [0.3, 0.4) is 0 Å². The van der Waals surface area contributed by atoms with E-state index in [1.165, 1.54) is 23.9 Å². The average Bonchev–Trinajstić information content (AvgIpc) is 3.46. The smallest absolute Gasteiger partial charge is 0.328 e. The number of hydrogen-bond donors (Lipinski definition) is 3. The zero-order chi connectivity index (χ0) is 36.5. The Morgan fingerprint density at radius 2 is 1.65 bits per heavy atom. The van der Waals surface area contributed by atoms with E-state index in [0.717, 1.165) is 38.1 Å². The molecule has 0 radical (unpaired) electrons. The van der Waals surface area contributed by atoms with E-state index in [-0.39, 0.29) is 40.2 Å². The number of pyridine rings is 1. The van der Waals surface area contributed by atoms with Crippen molar-refractivity contribution in [2.45, 2.75) is 17.5 Å². The number of phenols is 2. The molecule has 2 aliphatic rings. The first-order valence-electron chi connectivity index (χ1n) is 17.1. The predicted octanol–water partition coefficient (Wildman–Crippen LogP) is 4.52. The number of carbonyl (C=O) groups excluding carboxylic acids is 1. The van der Waals surface area contributed by atoms with Crippen molar-refractivity contribution in [3.63, 3.8) is 0 Å². The van der Waals surface area contributed by atoms with Gasteiger partial charge in [0.05, 0.1) is 10.8 Å². The summed E-state index contributed by atoms with van der Waals surface area (Å²) in [5.74, 6) is 0.356. The number of hydrogen-bond acceptors (Lipinski definition) is 13. The number of benzene rings is 3. The summed E-state index contributed by atoms with van der Waals surface area (Å²) in [6, 6.07) is 21.0. The topological polar surface area (TPSA) is 152 Å². The number of amides is 1. The van der Waals surface area contributed by atoms with Gasteiger partial charge < -0.3 is 34.6 Å². The number of anilines is 4. The summed E-state index contributed by atoms with van der Waals surface area (Å²) in [5, 5.41) is 24.2. The molecule has 52 heavy (non-hydrogen) atoms. The number of aromatic nitrogens is 4. The molecular weight excluding hydrogens is 683 g/mol. The van der Waals surface area contributed by atoms with Crippen LogP contribution in [0.15, 0.2) is 77.6 Å². The van der Waals surface area contributed by atoms with Crippen LogP contribution >= 0.6 is 11.8 Å². The number of aryl methyl sites for hydroxylation is 1. The van der Waals surface area contributed by atoms with Crippen molar-refractivity contribution >= 4 is 51.8 Å². The maximum atomic E-state index is 14.1. The van der Waals surface area contributed by atoms with E-state index in [1.54, 1.807) is 47.6 Å². The number of piperazine rings is 1. The quantitative estimate of drug-likeness (QED) is 0.173. The van der Waals surface area contributed by atoms with Crippen molar-refractivity contribution in [1.29, 1.82) is 0 Å². The van der Waals surface area contributed by atoms with E-state index >= 15 is 0 Å². The lowest BCUT2D eigenvalue weighted by Gasteiger charge is -2.34. The number of aromatic hydroxyl groups is 2. The van der Waals surface area contributed by atoms with Crippen molar-refractivity contribution in [1.82, 2.24) is 29.3 Å². The molecule has 2 unspecified atom stereocenters. The minimum absolute atomic E-state index is 0.00632. The van der Waals surface area contributed by atoms with Crippen molar-refractivity contribution in [3.8, 4) is 23.3 Å². The van der Waals surface area contributed by atoms with Gasteiger partial charge in [0.15, 0.2) is 11.5 Å². The molecule has 1 amide bonds. The molecule has 0 bridgehead atoms. The first-order chi connectivity index (χ1) is 25.1. The Balaban J connectivity index is 1.15. The number of carbonyl (C=O) groups is 1. The zero-order valence-corrected chi connectivity index (χ0v) is 30.2. The minimum atomic E-state index is -0.544. The Morgan fingerprint density at radius 1 is 0.923 bits per heavy atom. The van der Waals surface area contributed by atoms with E-state index in [1.807, 2.05) is 48.5 Å². The lowest BCUT2D eigenvalue weighted by atomic mass is 10.1. The molecule has 3 N–H and O–H groups in total. The summed E-state index contributed by atoms with van der Waals surface area (Å²) < 4.78 is 7.66. The number of rotatable bonds is 10. The van der Waals surface area contributed by atoms with Gasteiger partial charge in [0.25, 0.3) is 5.56 Å². The fourth-order valence-corrected chi connectivity index (χ4v) is 7.98. The maximum absolute atomic E-state index is 14.1. The van der Waals surface area contributed by atoms with Crippen LogP contribution in [0.25, 0.3) is 10.9 Å². The average molecular weight is 724 g/mol. The molecule has 0 aliphatic carbocycles. The van der Waals surface area contributed by atoms with Crippen LogP contribution in [0.4, 0.5) is 23.3 Å². The molecule has 7 rings (SSSR count). The Labute approximate surface area is 305 Å². The number of para-hydroxylation sites is 2. The van der Waals surface area contributed by atoms with Gasteiger partial charge in [-0.1, -0.05) is 31.2 Å². The summed E-state index contributed by atoms with van der Waals surface area (Å²) in [6.45, 7) is 7.47. The van der Waals surface area contributed by atoms with Crippen LogP contribution in [0.2, 0.25) is 0 Å². The van der Waals surface area contributed by atoms with Gasteiger partial charge in [0, 0.05) is 82.3 Å². The van der Waals surface area contributed by atoms with Gasteiger partial charge in [-0.2, -0.15) is 15.0 Å². The van der Waals surface area contributed by atoms with Gasteiger partial charge in [-0.25, -0.2) is 0 Å². The number of fused-ring (bicyclic) bond motifs is 1. The molecule has 4 heterocycles. The number of phenolic OH excluding ortho intramolecular Hbond substituents is 2. The molecule has 2 atom stereocenters. The maximum Gasteiger partial charge on any atom is 0.328 e. The number of nitrogens with one attached hydrogen (secondary N) is 1. The third kappa shape index (κ3) is 7.07. The molecule has 14 nitrogen and oxygen atoms in total. The second kappa shape index (κ2) is 14.7. The summed E-state index contributed by atoms with van der Waals surface area (Å²) in [5.41, 5.74) is 2.23. The van der Waals surface area contributed by atoms with Crippen LogP contribution in [0, 0.1) is 0 Å². The van der Waals surface area contributed by atoms with Crippen molar-refractivity contribution in [2.75, 3.05) is 68.5 Å². The van der Waals surface area contributed by atoms with Crippen LogP contribution in [0.5, 0.6) is 23.3 Å². The number of nitrogens with zero attached hydrogens (tertiary/aromatic N) is 8. The highest BCUT2D eigenvalue weighted by atomic mass is 32.2. The minimum Gasteiger partial charge on any atom is -0.504 e. The lowest BCUT2D eigenvalue weighted by molar-refractivity contribution is -0.118. The van der Waals surface area contributed by atoms with Crippen LogP contribution < -0.4 is 25.4 Å². The molecule has 0 saturated carbocycles. The van der Waals surface area contributed by atoms with Gasteiger partial charge in [-0.3, -0.25) is 19.4 Å². The second-order valence-corrected chi connectivity index (χ2v) is 14.3. The Morgan fingerprint density at radius 3 is 2.38 bits per heavy atom. The monoisotopic (exact) mass is 723 g/mol. The first-order valence-corrected chi connectivity index (χ1v) is 18.0. The van der Waals surface area contributed by atoms with Crippen LogP contribution in [-0.2, 0) is 11.8 Å². The molecule has 3 aromatic carbocycles. The molecule has 0 spiro atoms. The second-order valence-electron chi connectivity index (χ2n) is 13.0. The van der Waals surface area contributed by atoms with Crippen LogP contribution in [-0.4, -0.2) is 104 Å². The summed E-state index contributed by atoms with van der Waals surface area (Å²) in [6.07, 6.45) is 0. The lowest BCUT2D eigenvalue weighted by Crippen LogP contribution is -2.49. The molecule has 15 heteroatoms. The fraction of sp³-hybridized carbons (Fsp3) is 0.324. The fourth-order valence-electron chi connectivity index (χ4n) is 6.46. The largest absolute Gasteiger partial charge is 0.504 e. The van der Waals surface area contributed by atoms with Gasteiger partial charge in [-0.05, 0) is 49.0 Å². The van der Waals surface area contributed by atoms with Crippen LogP contribution in [0.1, 0.15) is 17.9 Å². The SMILES string of the molecule is CCN1CCN(CC2SC(c3cccc(O)c3O)N(c3ccc(Nc4nc(Oc5cc(=O)n(C)c6ccccc56)nc(N(C)C)n4)cc3)C2=O)CC1. The molecule has 2 aliphatic heterocycles. The van der Waals surface area contributed by atoms with Gasteiger partial charge >= 0.3 is 6.01 Å². The standard InChI is InChI=1S/C37H41N9O5S/c1-5-44-17-19-45(20-18-44)22-30-33(50)46(34(52-30)26-10-8-12-28(47)32(26)49)24-15-13-23(14-16-24)38-35-39-36(42(2)3)41-37(40-35)51-29-21-31(48)43(4)27-11-7-6-9-25(27)29/h6-16,21,30,34,47,49H,5,17-20,22H2,1-4H3,(H,38,39,40,41). The highest BCUT2D eigenvalue weighted by molar-refractivity contribution is 8.01. The van der Waals surface area contributed by atoms with Crippen molar-refractivity contribution in [2.24, 2.45) is 7.05 Å². The Kier molecular flexibility index (Phi) is 9.90. The van der Waals surface area contributed by atoms with E-state index in [4.69, 9.17) is 4.74 Å². The van der Waals surface area contributed by atoms with Gasteiger partial charge in [0.2, 0.25) is 17.8 Å². The molecule has 2 aromatic heterocycles. The van der Waals surface area contributed by atoms with Crippen molar-refractivity contribution < 1.29 is 19.7 Å². The summed E-state index contributed by atoms with van der Waals surface area (Å²) in [4.78, 5) is 48.4. The number of likely N-dealkylation sites (N-methyl/N-ethyl adjacent to an activating group) is 1. The third-order valence-electron chi connectivity index (χ3n) is 9.41. The first kappa shape index (κ1) is 35.0. The van der Waals surface area contributed by atoms with E-state index < -0.39 is 5.37 Å². The van der Waals surface area contributed by atoms with Crippen molar-refractivity contribution in [3.05, 3.63) is 88.7 Å². The molecule has 270 valence electrons. The Hall–Kier alpha value is -5.38. The highest BCUT2D eigenvalue weighted by Crippen LogP contribution is 2.50. The number of ether oxygens (including phenoxy) is 1. The van der Waals surface area contributed by atoms with E-state index in [2.05, 4.69) is 37.0 Å². The highest BCUT2D eigenvalue weighted by Gasteiger charge is 2.44. The van der Waals surface area contributed by atoms with E-state index in [0.29, 0.717) is 40.7 Å². The summed E-state index contributed by atoms with van der Waals surface area (Å²) in [7, 11) is 5.31. The molecule has 5 aromatic rings. The van der Waals surface area contributed by atoms with E-state index in [9.17, 15) is 19.8 Å². The third-order valence-corrected chi connectivity index (χ3v) is 10.8. The van der Waals surface area contributed by atoms with Gasteiger partial charge in [-0.15, -0.1) is 11.8 Å². The number of thioether (sulfide) groups is 1. The predicted molar refractivity (Wildman–Crippen MR) is 203 cm³/mol. The summed E-state index contributed by atoms with van der Waals surface area (Å²) >= 11 is 1.48. The molecule has 2 fully saturated rings. The molecule has 2 saturated heterocycles.